The van der Waals surface area contributed by atoms with Crippen LogP contribution < -0.4 is 10.9 Å². The number of hydrogen-bond donors (Lipinski definition) is 2. The number of aromatic amines is 1. The van der Waals surface area contributed by atoms with Crippen molar-refractivity contribution in [2.24, 2.45) is 0 Å². The average molecular weight is 191 g/mol. The second-order valence-corrected chi connectivity index (χ2v) is 2.96. The number of aromatic nitrogens is 2. The van der Waals surface area contributed by atoms with Crippen molar-refractivity contribution < 1.29 is 0 Å². The van der Waals surface area contributed by atoms with Crippen molar-refractivity contribution in [3.63, 3.8) is 0 Å². The summed E-state index contributed by atoms with van der Waals surface area (Å²) in [6.07, 6.45) is 5.89. The summed E-state index contributed by atoms with van der Waals surface area (Å²) < 4.78 is 0. The Morgan fingerprint density at radius 3 is 3.07 bits per heavy atom. The van der Waals surface area contributed by atoms with Gasteiger partial charge in [-0.3, -0.25) is 4.79 Å². The average Bonchev–Trinajstić information content (AvgIpc) is 2.16. The number of aryl methyl sites for hydroxylation is 1. The highest BCUT2D eigenvalue weighted by atomic mass is 16.1. The van der Waals surface area contributed by atoms with Gasteiger partial charge in [0.15, 0.2) is 0 Å². The topological polar surface area (TPSA) is 57.8 Å². The third kappa shape index (κ3) is 2.63. The molecule has 1 atom stereocenters. The first-order valence-corrected chi connectivity index (χ1v) is 4.48. The van der Waals surface area contributed by atoms with Gasteiger partial charge in [-0.15, -0.1) is 6.42 Å². The summed E-state index contributed by atoms with van der Waals surface area (Å²) in [5.41, 5.74) is -0.163. The highest BCUT2D eigenvalue weighted by molar-refractivity contribution is 5.36. The molecule has 0 aliphatic heterocycles. The SMILES string of the molecule is C#CC(C)Nc1cc(=O)[nH]c(CC)n1. The Labute approximate surface area is 82.8 Å². The molecule has 1 aromatic heterocycles. The van der Waals surface area contributed by atoms with Crippen molar-refractivity contribution in [2.75, 3.05) is 5.32 Å². The Hall–Kier alpha value is -1.76. The van der Waals surface area contributed by atoms with Crippen molar-refractivity contribution in [1.82, 2.24) is 9.97 Å². The Balaban J connectivity index is 2.93. The standard InChI is InChI=1S/C10H13N3O/c1-4-7(3)11-9-6-10(14)13-8(5-2)12-9/h1,6-7H,5H2,2-3H3,(H2,11,12,13,14). The summed E-state index contributed by atoms with van der Waals surface area (Å²) in [5, 5.41) is 2.94. The number of anilines is 1. The number of terminal acetylenes is 1. The Bertz CT molecular complexity index is 403. The molecule has 0 bridgehead atoms. The van der Waals surface area contributed by atoms with E-state index in [1.54, 1.807) is 0 Å². The molecule has 0 fully saturated rings. The molecule has 74 valence electrons. The van der Waals surface area contributed by atoms with Crippen LogP contribution in [0.5, 0.6) is 0 Å². The zero-order chi connectivity index (χ0) is 10.6. The maximum atomic E-state index is 11.2. The van der Waals surface area contributed by atoms with E-state index in [0.29, 0.717) is 18.1 Å². The molecule has 0 aliphatic rings. The van der Waals surface area contributed by atoms with E-state index >= 15 is 0 Å². The van der Waals surface area contributed by atoms with E-state index in [-0.39, 0.29) is 11.6 Å². The summed E-state index contributed by atoms with van der Waals surface area (Å²) in [4.78, 5) is 18.0. The molecule has 4 nitrogen and oxygen atoms in total. The fraction of sp³-hybridized carbons (Fsp3) is 0.400. The second kappa shape index (κ2) is 4.47. The van der Waals surface area contributed by atoms with Gasteiger partial charge in [0.1, 0.15) is 11.6 Å². The molecular formula is C10H13N3O. The smallest absolute Gasteiger partial charge is 0.252 e. The van der Waals surface area contributed by atoms with Crippen molar-refractivity contribution >= 4 is 5.82 Å². The Morgan fingerprint density at radius 1 is 1.79 bits per heavy atom. The molecule has 4 heteroatoms. The van der Waals surface area contributed by atoms with Gasteiger partial charge < -0.3 is 10.3 Å². The van der Waals surface area contributed by atoms with Crippen LogP contribution in [0.15, 0.2) is 10.9 Å². The van der Waals surface area contributed by atoms with Gasteiger partial charge in [-0.05, 0) is 6.92 Å². The van der Waals surface area contributed by atoms with Crippen LogP contribution in [0.3, 0.4) is 0 Å². The summed E-state index contributed by atoms with van der Waals surface area (Å²) in [5.74, 6) is 3.69. The zero-order valence-corrected chi connectivity index (χ0v) is 8.29. The highest BCUT2D eigenvalue weighted by Gasteiger charge is 2.01. The molecule has 14 heavy (non-hydrogen) atoms. The fourth-order valence-corrected chi connectivity index (χ4v) is 1.01. The van der Waals surface area contributed by atoms with Crippen molar-refractivity contribution in [2.45, 2.75) is 26.3 Å². The van der Waals surface area contributed by atoms with Crippen LogP contribution in [0.25, 0.3) is 0 Å². The molecule has 0 saturated heterocycles. The summed E-state index contributed by atoms with van der Waals surface area (Å²) in [6.45, 7) is 3.75. The number of hydrogen-bond acceptors (Lipinski definition) is 3. The molecule has 2 N–H and O–H groups in total. The quantitative estimate of drug-likeness (QED) is 0.694. The minimum atomic E-state index is -0.163. The minimum Gasteiger partial charge on any atom is -0.356 e. The van der Waals surface area contributed by atoms with Gasteiger partial charge >= 0.3 is 0 Å². The van der Waals surface area contributed by atoms with Crippen LogP contribution in [0, 0.1) is 12.3 Å². The normalized spacial score (nSPS) is 11.8. The van der Waals surface area contributed by atoms with Crippen molar-refractivity contribution in [3.05, 3.63) is 22.2 Å². The van der Waals surface area contributed by atoms with E-state index < -0.39 is 0 Å². The van der Waals surface area contributed by atoms with Crippen molar-refractivity contribution in [3.8, 4) is 12.3 Å². The lowest BCUT2D eigenvalue weighted by Gasteiger charge is -2.08. The molecule has 0 saturated carbocycles. The minimum absolute atomic E-state index is 0.131. The van der Waals surface area contributed by atoms with E-state index in [0.717, 1.165) is 0 Å². The van der Waals surface area contributed by atoms with E-state index in [1.807, 2.05) is 13.8 Å². The van der Waals surface area contributed by atoms with Crippen LogP contribution >= 0.6 is 0 Å². The fourth-order valence-electron chi connectivity index (χ4n) is 1.01. The second-order valence-electron chi connectivity index (χ2n) is 2.96. The third-order valence-corrected chi connectivity index (χ3v) is 1.74. The molecule has 0 aromatic carbocycles. The monoisotopic (exact) mass is 191 g/mol. The molecule has 0 aliphatic carbocycles. The lowest BCUT2D eigenvalue weighted by Crippen LogP contribution is -2.18. The maximum Gasteiger partial charge on any atom is 0.252 e. The maximum absolute atomic E-state index is 11.2. The first-order valence-electron chi connectivity index (χ1n) is 4.48. The Morgan fingerprint density at radius 2 is 2.50 bits per heavy atom. The van der Waals surface area contributed by atoms with Gasteiger partial charge in [-0.25, -0.2) is 4.98 Å². The van der Waals surface area contributed by atoms with Crippen LogP contribution in [-0.2, 0) is 6.42 Å². The van der Waals surface area contributed by atoms with E-state index in [1.165, 1.54) is 6.07 Å². The summed E-state index contributed by atoms with van der Waals surface area (Å²) >= 11 is 0. The zero-order valence-electron chi connectivity index (χ0n) is 8.29. The molecule has 0 spiro atoms. The lowest BCUT2D eigenvalue weighted by molar-refractivity contribution is 0.905. The number of nitrogens with zero attached hydrogens (tertiary/aromatic N) is 1. The predicted molar refractivity (Wildman–Crippen MR) is 56.2 cm³/mol. The number of rotatable bonds is 3. The molecule has 1 unspecified atom stereocenters. The van der Waals surface area contributed by atoms with Gasteiger partial charge in [0, 0.05) is 12.5 Å². The molecule has 1 rings (SSSR count). The largest absolute Gasteiger partial charge is 0.356 e. The summed E-state index contributed by atoms with van der Waals surface area (Å²) in [6, 6.07) is 1.27. The number of nitrogens with one attached hydrogen (secondary N) is 2. The first kappa shape index (κ1) is 10.3. The van der Waals surface area contributed by atoms with Crippen LogP contribution in [0.1, 0.15) is 19.7 Å². The van der Waals surface area contributed by atoms with Gasteiger partial charge in [-0.1, -0.05) is 12.8 Å². The molecular weight excluding hydrogens is 178 g/mol. The molecule has 1 heterocycles. The van der Waals surface area contributed by atoms with Crippen molar-refractivity contribution in [1.29, 1.82) is 0 Å². The van der Waals surface area contributed by atoms with E-state index in [4.69, 9.17) is 6.42 Å². The van der Waals surface area contributed by atoms with Gasteiger partial charge in [0.25, 0.3) is 5.56 Å². The highest BCUT2D eigenvalue weighted by Crippen LogP contribution is 2.01. The first-order chi connectivity index (χ1) is 6.65. The lowest BCUT2D eigenvalue weighted by atomic mass is 10.3. The van der Waals surface area contributed by atoms with Gasteiger partial charge in [0.2, 0.25) is 0 Å². The molecule has 0 radical (unpaired) electrons. The molecule has 1 aromatic rings. The number of H-pyrrole nitrogens is 1. The Kier molecular flexibility index (Phi) is 3.29. The van der Waals surface area contributed by atoms with Gasteiger partial charge in [0.05, 0.1) is 6.04 Å². The predicted octanol–water partition coefficient (Wildman–Crippen LogP) is 0.766. The van der Waals surface area contributed by atoms with Gasteiger partial charge in [-0.2, -0.15) is 0 Å². The van der Waals surface area contributed by atoms with Crippen LogP contribution in [-0.4, -0.2) is 16.0 Å². The summed E-state index contributed by atoms with van der Waals surface area (Å²) in [7, 11) is 0. The third-order valence-electron chi connectivity index (χ3n) is 1.74. The van der Waals surface area contributed by atoms with Crippen LogP contribution in [0.2, 0.25) is 0 Å². The van der Waals surface area contributed by atoms with E-state index in [2.05, 4.69) is 21.2 Å². The molecule has 0 amide bonds. The van der Waals surface area contributed by atoms with E-state index in [9.17, 15) is 4.79 Å². The van der Waals surface area contributed by atoms with Crippen LogP contribution in [0.4, 0.5) is 5.82 Å².